The van der Waals surface area contributed by atoms with Crippen molar-refractivity contribution < 1.29 is 9.72 Å². The number of nitro groups is 1. The smallest absolute Gasteiger partial charge is 0.309 e. The van der Waals surface area contributed by atoms with Crippen LogP contribution in [0.15, 0.2) is 6.20 Å². The number of nitrogens with zero attached hydrogens (tertiary/aromatic N) is 6. The number of carbonyl (C=O) groups is 1. The zero-order valence-electron chi connectivity index (χ0n) is 14.8. The molecule has 0 N–H and O–H groups in total. The third-order valence-electron chi connectivity index (χ3n) is 4.27. The van der Waals surface area contributed by atoms with Gasteiger partial charge in [0.1, 0.15) is 17.9 Å². The van der Waals surface area contributed by atoms with Crippen LogP contribution in [-0.2, 0) is 18.4 Å². The van der Waals surface area contributed by atoms with Crippen LogP contribution in [0.3, 0.4) is 0 Å². The minimum atomic E-state index is -0.625. The van der Waals surface area contributed by atoms with Gasteiger partial charge in [0.05, 0.1) is 10.6 Å². The molecule has 9 heteroatoms. The van der Waals surface area contributed by atoms with E-state index in [1.54, 1.807) is 30.5 Å². The van der Waals surface area contributed by atoms with Gasteiger partial charge in [0, 0.05) is 31.9 Å². The summed E-state index contributed by atoms with van der Waals surface area (Å²) >= 11 is 0. The average Bonchev–Trinajstić information content (AvgIpc) is 3.01. The first-order valence-corrected chi connectivity index (χ1v) is 7.57. The van der Waals surface area contributed by atoms with Crippen LogP contribution >= 0.6 is 0 Å². The lowest BCUT2D eigenvalue weighted by atomic mass is 10.1. The van der Waals surface area contributed by atoms with Gasteiger partial charge in [-0.1, -0.05) is 0 Å². The number of aryl methyl sites for hydroxylation is 3. The number of rotatable bonds is 5. The number of aromatic nitrogens is 4. The molecule has 0 unspecified atom stereocenters. The van der Waals surface area contributed by atoms with Crippen molar-refractivity contribution in [3.8, 4) is 0 Å². The zero-order valence-corrected chi connectivity index (χ0v) is 14.8. The summed E-state index contributed by atoms with van der Waals surface area (Å²) < 4.78 is 3.13. The van der Waals surface area contributed by atoms with E-state index < -0.39 is 11.0 Å². The molecule has 0 bridgehead atoms. The Balaban J connectivity index is 2.18. The Kier molecular flexibility index (Phi) is 4.72. The van der Waals surface area contributed by atoms with E-state index in [1.807, 2.05) is 20.9 Å². The minimum absolute atomic E-state index is 0.0868. The normalized spacial score (nSPS) is 12.2. The number of likely N-dealkylation sites (N-methyl/N-ethyl adjacent to an activating group) is 1. The monoisotopic (exact) mass is 334 g/mol. The lowest BCUT2D eigenvalue weighted by Crippen LogP contribution is -2.33. The van der Waals surface area contributed by atoms with E-state index in [0.29, 0.717) is 12.2 Å². The van der Waals surface area contributed by atoms with Crippen LogP contribution in [0.25, 0.3) is 0 Å². The summed E-state index contributed by atoms with van der Waals surface area (Å²) in [5.74, 6) is -0.171. The van der Waals surface area contributed by atoms with E-state index in [1.165, 1.54) is 10.9 Å². The Morgan fingerprint density at radius 2 is 1.96 bits per heavy atom. The molecule has 0 spiro atoms. The van der Waals surface area contributed by atoms with Crippen molar-refractivity contribution in [3.05, 3.63) is 39.0 Å². The Labute approximate surface area is 140 Å². The van der Waals surface area contributed by atoms with Crippen LogP contribution < -0.4 is 0 Å². The maximum atomic E-state index is 12.6. The highest BCUT2D eigenvalue weighted by Gasteiger charge is 2.25. The summed E-state index contributed by atoms with van der Waals surface area (Å²) in [5, 5.41) is 19.4. The lowest BCUT2D eigenvalue weighted by molar-refractivity contribution is -0.385. The predicted molar refractivity (Wildman–Crippen MR) is 87.5 cm³/mol. The van der Waals surface area contributed by atoms with E-state index in [4.69, 9.17) is 0 Å². The number of amides is 1. The van der Waals surface area contributed by atoms with Gasteiger partial charge in [0.2, 0.25) is 5.91 Å². The number of carbonyl (C=O) groups excluding carboxylic acids is 1. The van der Waals surface area contributed by atoms with Crippen LogP contribution in [0, 0.1) is 30.9 Å². The molecule has 9 nitrogen and oxygen atoms in total. The first-order chi connectivity index (χ1) is 11.1. The van der Waals surface area contributed by atoms with Crippen molar-refractivity contribution in [1.82, 2.24) is 24.5 Å². The molecule has 0 aliphatic rings. The molecule has 130 valence electrons. The summed E-state index contributed by atoms with van der Waals surface area (Å²) in [6.07, 6.45) is 1.30. The van der Waals surface area contributed by atoms with Crippen molar-refractivity contribution in [2.24, 2.45) is 7.05 Å². The molecule has 0 aromatic carbocycles. The lowest BCUT2D eigenvalue weighted by Gasteiger charge is -2.21. The van der Waals surface area contributed by atoms with Crippen LogP contribution in [-0.4, -0.2) is 42.3 Å². The molecular formula is C15H22N6O3. The summed E-state index contributed by atoms with van der Waals surface area (Å²) in [5.41, 5.74) is 3.10. The van der Waals surface area contributed by atoms with Crippen molar-refractivity contribution in [1.29, 1.82) is 0 Å². The third-order valence-corrected chi connectivity index (χ3v) is 4.27. The fourth-order valence-electron chi connectivity index (χ4n) is 2.64. The standard InChI is InChI=1S/C15H22N6O3/c1-9-13(11(3)19(6)16-9)7-18(5)15(22)12(4)20-8-14(21(23)24)10(2)17-20/h8,12H,7H2,1-6H3/t12-/m0/s1. The number of hydrogen-bond donors (Lipinski definition) is 0. The van der Waals surface area contributed by atoms with E-state index in [0.717, 1.165) is 17.0 Å². The van der Waals surface area contributed by atoms with Gasteiger partial charge in [-0.3, -0.25) is 24.3 Å². The quantitative estimate of drug-likeness (QED) is 0.612. The topological polar surface area (TPSA) is 99.1 Å². The molecule has 1 amide bonds. The van der Waals surface area contributed by atoms with Gasteiger partial charge >= 0.3 is 5.69 Å². The van der Waals surface area contributed by atoms with E-state index in [2.05, 4.69) is 10.2 Å². The van der Waals surface area contributed by atoms with Crippen LogP contribution in [0.4, 0.5) is 5.69 Å². The van der Waals surface area contributed by atoms with E-state index in [-0.39, 0.29) is 11.6 Å². The minimum Gasteiger partial charge on any atom is -0.339 e. The van der Waals surface area contributed by atoms with Crippen LogP contribution in [0.1, 0.15) is 35.6 Å². The fourth-order valence-corrected chi connectivity index (χ4v) is 2.64. The Morgan fingerprint density at radius 3 is 2.42 bits per heavy atom. The molecular weight excluding hydrogens is 312 g/mol. The second-order valence-corrected chi connectivity index (χ2v) is 5.98. The molecule has 2 aromatic heterocycles. The summed E-state index contributed by atoms with van der Waals surface area (Å²) in [6.45, 7) is 7.52. The van der Waals surface area contributed by atoms with Crippen molar-refractivity contribution >= 4 is 11.6 Å². The average molecular weight is 334 g/mol. The van der Waals surface area contributed by atoms with Gasteiger partial charge in [-0.05, 0) is 27.7 Å². The van der Waals surface area contributed by atoms with Crippen molar-refractivity contribution in [3.63, 3.8) is 0 Å². The van der Waals surface area contributed by atoms with Gasteiger partial charge in [0.15, 0.2) is 0 Å². The Bertz CT molecular complexity index is 791. The fraction of sp³-hybridized carbons (Fsp3) is 0.533. The number of hydrogen-bond acceptors (Lipinski definition) is 5. The van der Waals surface area contributed by atoms with Crippen LogP contribution in [0.5, 0.6) is 0 Å². The third kappa shape index (κ3) is 3.15. The van der Waals surface area contributed by atoms with Crippen LogP contribution in [0.2, 0.25) is 0 Å². The molecule has 24 heavy (non-hydrogen) atoms. The first-order valence-electron chi connectivity index (χ1n) is 7.57. The Morgan fingerprint density at radius 1 is 1.33 bits per heavy atom. The maximum Gasteiger partial charge on any atom is 0.309 e. The zero-order chi connectivity index (χ0) is 18.2. The molecule has 1 atom stereocenters. The Hall–Kier alpha value is -2.71. The molecule has 2 heterocycles. The highest BCUT2D eigenvalue weighted by atomic mass is 16.6. The SMILES string of the molecule is Cc1nn([C@@H](C)C(=O)N(C)Cc2c(C)nn(C)c2C)cc1[N+](=O)[O-]. The second-order valence-electron chi connectivity index (χ2n) is 5.98. The molecule has 0 aliphatic heterocycles. The molecule has 0 fully saturated rings. The summed E-state index contributed by atoms with van der Waals surface area (Å²) in [7, 11) is 3.57. The van der Waals surface area contributed by atoms with Crippen molar-refractivity contribution in [2.75, 3.05) is 7.05 Å². The molecule has 0 aliphatic carbocycles. The summed E-state index contributed by atoms with van der Waals surface area (Å²) in [4.78, 5) is 24.7. The van der Waals surface area contributed by atoms with Gasteiger partial charge in [0.25, 0.3) is 0 Å². The predicted octanol–water partition coefficient (Wildman–Crippen LogP) is 1.67. The largest absolute Gasteiger partial charge is 0.339 e. The maximum absolute atomic E-state index is 12.6. The second kappa shape index (κ2) is 6.42. The molecule has 2 aromatic rings. The van der Waals surface area contributed by atoms with E-state index >= 15 is 0 Å². The summed E-state index contributed by atoms with van der Waals surface area (Å²) in [6, 6.07) is -0.625. The van der Waals surface area contributed by atoms with Gasteiger partial charge in [-0.15, -0.1) is 0 Å². The molecule has 2 rings (SSSR count). The molecule has 0 saturated carbocycles. The van der Waals surface area contributed by atoms with Crippen molar-refractivity contribution in [2.45, 2.75) is 40.3 Å². The molecule has 0 radical (unpaired) electrons. The van der Waals surface area contributed by atoms with Gasteiger partial charge in [-0.2, -0.15) is 10.2 Å². The first kappa shape index (κ1) is 17.6. The molecule has 0 saturated heterocycles. The van der Waals surface area contributed by atoms with Gasteiger partial charge in [-0.25, -0.2) is 0 Å². The van der Waals surface area contributed by atoms with E-state index in [9.17, 15) is 14.9 Å². The highest BCUT2D eigenvalue weighted by Crippen LogP contribution is 2.20. The van der Waals surface area contributed by atoms with Gasteiger partial charge < -0.3 is 4.90 Å². The highest BCUT2D eigenvalue weighted by molar-refractivity contribution is 5.79.